The molecule has 180 valence electrons. The number of carbonyl (C=O) groups excluding carboxylic acids is 1. The number of imidazole rings is 1. The minimum Gasteiger partial charge on any atom is -0.484 e. The van der Waals surface area contributed by atoms with E-state index in [4.69, 9.17) is 9.72 Å². The van der Waals surface area contributed by atoms with Crippen LogP contribution < -0.4 is 4.74 Å². The molecule has 0 unspecified atom stereocenters. The van der Waals surface area contributed by atoms with E-state index in [-0.39, 0.29) is 23.9 Å². The lowest BCUT2D eigenvalue weighted by Gasteiger charge is -2.36. The molecule has 4 aromatic rings. The van der Waals surface area contributed by atoms with Crippen LogP contribution in [0.25, 0.3) is 11.0 Å². The van der Waals surface area contributed by atoms with Crippen LogP contribution in [0.15, 0.2) is 59.3 Å². The summed E-state index contributed by atoms with van der Waals surface area (Å²) in [5.41, 5.74) is 3.61. The molecule has 1 saturated heterocycles. The minimum atomic E-state index is -0.298. The Kier molecular flexibility index (Phi) is 6.00. The molecule has 1 N–H and O–H groups in total. The Bertz CT molecular complexity index is 1340. The van der Waals surface area contributed by atoms with Gasteiger partial charge in [0.1, 0.15) is 23.5 Å². The van der Waals surface area contributed by atoms with Crippen LogP contribution in [-0.2, 0) is 11.3 Å². The second-order valence-corrected chi connectivity index (χ2v) is 10.1. The predicted octanol–water partition coefficient (Wildman–Crippen LogP) is 5.45. The largest absolute Gasteiger partial charge is 0.484 e. The van der Waals surface area contributed by atoms with Crippen molar-refractivity contribution in [3.05, 3.63) is 82.1 Å². The normalized spacial score (nSPS) is 20.9. The van der Waals surface area contributed by atoms with Crippen LogP contribution in [0, 0.1) is 5.82 Å². The molecule has 2 aliphatic heterocycles. The van der Waals surface area contributed by atoms with Gasteiger partial charge in [0.15, 0.2) is 0 Å². The Balaban J connectivity index is 1.24. The van der Waals surface area contributed by atoms with Gasteiger partial charge in [-0.15, -0.1) is 0 Å². The first-order valence-corrected chi connectivity index (χ1v) is 13.0. The fourth-order valence-corrected chi connectivity index (χ4v) is 5.89. The highest BCUT2D eigenvalue weighted by Crippen LogP contribution is 2.34. The lowest BCUT2D eigenvalue weighted by atomic mass is 10.0. The molecule has 35 heavy (non-hydrogen) atoms. The average Bonchev–Trinajstić information content (AvgIpc) is 3.51. The van der Waals surface area contributed by atoms with Gasteiger partial charge in [-0.25, -0.2) is 9.37 Å². The van der Waals surface area contributed by atoms with Gasteiger partial charge in [-0.05, 0) is 60.4 Å². The fraction of sp³-hybridized carbons (Fsp3) is 0.333. The topological polar surface area (TPSA) is 61.5 Å². The van der Waals surface area contributed by atoms with E-state index >= 15 is 0 Å². The number of fused-ring (bicyclic) bond motifs is 2. The number of aromatic nitrogens is 2. The van der Waals surface area contributed by atoms with E-state index in [2.05, 4.69) is 32.8 Å². The summed E-state index contributed by atoms with van der Waals surface area (Å²) in [6.07, 6.45) is 2.73. The Morgan fingerprint density at radius 3 is 3.00 bits per heavy atom. The zero-order valence-electron chi connectivity index (χ0n) is 19.3. The van der Waals surface area contributed by atoms with Crippen molar-refractivity contribution in [3.63, 3.8) is 0 Å². The molecule has 2 aromatic carbocycles. The van der Waals surface area contributed by atoms with Crippen LogP contribution >= 0.6 is 11.3 Å². The Hall–Kier alpha value is -3.23. The van der Waals surface area contributed by atoms with E-state index in [1.54, 1.807) is 17.4 Å². The molecule has 1 amide bonds. The summed E-state index contributed by atoms with van der Waals surface area (Å²) in [5.74, 6) is 1.40. The lowest BCUT2D eigenvalue weighted by Crippen LogP contribution is -2.45. The van der Waals surface area contributed by atoms with E-state index in [9.17, 15) is 9.18 Å². The molecule has 0 aliphatic carbocycles. The maximum absolute atomic E-state index is 13.7. The summed E-state index contributed by atoms with van der Waals surface area (Å²) in [5, 5.41) is 4.17. The van der Waals surface area contributed by atoms with Gasteiger partial charge < -0.3 is 14.6 Å². The van der Waals surface area contributed by atoms with Gasteiger partial charge in [0.05, 0.1) is 23.6 Å². The molecule has 6 nitrogen and oxygen atoms in total. The van der Waals surface area contributed by atoms with E-state index in [1.165, 1.54) is 12.1 Å². The number of rotatable bonds is 4. The van der Waals surface area contributed by atoms with Crippen molar-refractivity contribution < 1.29 is 13.9 Å². The van der Waals surface area contributed by atoms with Crippen molar-refractivity contribution in [3.8, 4) is 5.75 Å². The van der Waals surface area contributed by atoms with Crippen LogP contribution in [0.5, 0.6) is 5.75 Å². The van der Waals surface area contributed by atoms with Gasteiger partial charge in [0.2, 0.25) is 5.91 Å². The number of nitrogens with zero attached hydrogens (tertiary/aromatic N) is 3. The number of halogens is 1. The van der Waals surface area contributed by atoms with E-state index in [0.717, 1.165) is 47.5 Å². The number of nitrogens with one attached hydrogen (secondary N) is 1. The van der Waals surface area contributed by atoms with Gasteiger partial charge in [-0.1, -0.05) is 18.2 Å². The lowest BCUT2D eigenvalue weighted by molar-refractivity contribution is -0.136. The van der Waals surface area contributed by atoms with Gasteiger partial charge in [0, 0.05) is 30.8 Å². The number of benzene rings is 2. The Morgan fingerprint density at radius 2 is 2.11 bits per heavy atom. The molecule has 8 heteroatoms. The smallest absolute Gasteiger partial charge is 0.237 e. The van der Waals surface area contributed by atoms with Crippen molar-refractivity contribution in [1.29, 1.82) is 0 Å². The van der Waals surface area contributed by atoms with Gasteiger partial charge in [-0.3, -0.25) is 9.69 Å². The molecule has 4 heterocycles. The summed E-state index contributed by atoms with van der Waals surface area (Å²) < 4.78 is 20.1. The number of hydrogen-bond donors (Lipinski definition) is 1. The summed E-state index contributed by atoms with van der Waals surface area (Å²) in [6, 6.07) is 14.6. The quantitative estimate of drug-likeness (QED) is 0.413. The number of hydrogen-bond acceptors (Lipinski definition) is 5. The number of ether oxygens (including phenoxy) is 1. The molecular formula is C27H27FN4O2S. The molecule has 0 spiro atoms. The zero-order chi connectivity index (χ0) is 23.8. The predicted molar refractivity (Wildman–Crippen MR) is 134 cm³/mol. The fourth-order valence-electron chi connectivity index (χ4n) is 5.19. The standard InChI is InChI=1S/C27H27FN4O2S/c28-20-8-9-21-22(13-20)30-27(29-21)23-6-3-4-11-32(23)26(33)16-31-14-18-5-1-2-7-24(18)34-25(15-31)19-10-12-35-17-19/h1-2,5,7-10,12-13,17,23,25H,3-4,6,11,14-16H2,(H,29,30)/t23-,25+/m1/s1. The monoisotopic (exact) mass is 490 g/mol. The van der Waals surface area contributed by atoms with E-state index in [1.807, 2.05) is 23.1 Å². The third-order valence-corrected chi connectivity index (χ3v) is 7.64. The first-order chi connectivity index (χ1) is 17.1. The second-order valence-electron chi connectivity index (χ2n) is 9.32. The van der Waals surface area contributed by atoms with Crippen molar-refractivity contribution in [2.75, 3.05) is 19.6 Å². The first kappa shape index (κ1) is 22.2. The number of carbonyl (C=O) groups is 1. The highest BCUT2D eigenvalue weighted by Gasteiger charge is 2.33. The molecule has 2 aromatic heterocycles. The molecule has 2 aliphatic rings. The number of thiophene rings is 1. The van der Waals surface area contributed by atoms with Crippen molar-refractivity contribution in [1.82, 2.24) is 19.8 Å². The highest BCUT2D eigenvalue weighted by molar-refractivity contribution is 7.07. The van der Waals surface area contributed by atoms with Crippen LogP contribution in [0.4, 0.5) is 4.39 Å². The van der Waals surface area contributed by atoms with Gasteiger partial charge in [0.25, 0.3) is 0 Å². The number of H-pyrrole nitrogens is 1. The third kappa shape index (κ3) is 4.56. The van der Waals surface area contributed by atoms with Crippen LogP contribution in [0.2, 0.25) is 0 Å². The first-order valence-electron chi connectivity index (χ1n) is 12.1. The van der Waals surface area contributed by atoms with Crippen molar-refractivity contribution in [2.24, 2.45) is 0 Å². The Labute approximate surface area is 207 Å². The number of para-hydroxylation sites is 1. The van der Waals surface area contributed by atoms with Gasteiger partial charge in [-0.2, -0.15) is 11.3 Å². The molecule has 1 fully saturated rings. The zero-order valence-corrected chi connectivity index (χ0v) is 20.1. The van der Waals surface area contributed by atoms with Crippen LogP contribution in [0.1, 0.15) is 48.4 Å². The number of piperidine rings is 1. The molecule has 6 rings (SSSR count). The molecule has 0 saturated carbocycles. The van der Waals surface area contributed by atoms with Crippen molar-refractivity contribution in [2.45, 2.75) is 38.0 Å². The Morgan fingerprint density at radius 1 is 1.20 bits per heavy atom. The second kappa shape index (κ2) is 9.43. The van der Waals surface area contributed by atoms with Crippen molar-refractivity contribution >= 4 is 28.3 Å². The summed E-state index contributed by atoms with van der Waals surface area (Å²) in [4.78, 5) is 25.8. The number of amides is 1. The summed E-state index contributed by atoms with van der Waals surface area (Å²) in [7, 11) is 0. The molecule has 0 bridgehead atoms. The van der Waals surface area contributed by atoms with Crippen LogP contribution in [0.3, 0.4) is 0 Å². The highest BCUT2D eigenvalue weighted by atomic mass is 32.1. The number of aromatic amines is 1. The third-order valence-electron chi connectivity index (χ3n) is 6.93. The molecule has 0 radical (unpaired) electrons. The summed E-state index contributed by atoms with van der Waals surface area (Å²) >= 11 is 1.65. The van der Waals surface area contributed by atoms with Gasteiger partial charge >= 0.3 is 0 Å². The van der Waals surface area contributed by atoms with E-state index < -0.39 is 0 Å². The molecule has 2 atom stereocenters. The molecular weight excluding hydrogens is 463 g/mol. The van der Waals surface area contributed by atoms with E-state index in [0.29, 0.717) is 31.7 Å². The van der Waals surface area contributed by atoms with Crippen LogP contribution in [-0.4, -0.2) is 45.3 Å². The average molecular weight is 491 g/mol. The number of likely N-dealkylation sites (tertiary alicyclic amines) is 1. The summed E-state index contributed by atoms with van der Waals surface area (Å²) in [6.45, 7) is 2.30. The maximum Gasteiger partial charge on any atom is 0.237 e. The SMILES string of the molecule is O=C(CN1Cc2ccccc2O[C@H](c2ccsc2)C1)N1CCCC[C@@H]1c1nc2ccc(F)cc2[nH]1. The minimum absolute atomic E-state index is 0.0878. The maximum atomic E-state index is 13.7.